The van der Waals surface area contributed by atoms with Crippen LogP contribution in [0.4, 0.5) is 0 Å². The summed E-state index contributed by atoms with van der Waals surface area (Å²) in [6.45, 7) is 0. The molecule has 0 aromatic carbocycles. The standard InChI is InChI=1S/2C3H3N3O3.2CH7N5/c2*7-1-4-2(8)6-3(9)5-1;2*2-1(5-3)6-4/h2*(H3,4,5,6,7,8,9);2*3-4H2,(H3,2,5,6). The zero-order valence-corrected chi connectivity index (χ0v) is 14.8. The van der Waals surface area contributed by atoms with Crippen molar-refractivity contribution in [2.24, 2.45) is 34.8 Å². The molecule has 22 heteroatoms. The molecule has 2 aromatic heterocycles. The molecule has 0 atom stereocenters. The predicted octanol–water partition coefficient (Wildman–Crippen LogP) is -13.5. The Balaban J connectivity index is 0. The third-order valence-electron chi connectivity index (χ3n) is 1.91. The van der Waals surface area contributed by atoms with Crippen LogP contribution in [0.1, 0.15) is 0 Å². The van der Waals surface area contributed by atoms with E-state index in [0.29, 0.717) is 0 Å². The number of guanidine groups is 2. The van der Waals surface area contributed by atoms with Crippen LogP contribution >= 0.6 is 0 Å². The molecule has 0 saturated carbocycles. The van der Waals surface area contributed by atoms with Crippen LogP contribution in [0.3, 0.4) is 0 Å². The van der Waals surface area contributed by atoms with Gasteiger partial charge in [0.15, 0.2) is 0 Å². The van der Waals surface area contributed by atoms with E-state index in [9.17, 15) is 29.4 Å². The van der Waals surface area contributed by atoms with Crippen molar-refractivity contribution < 1.29 is 20.4 Å². The van der Waals surface area contributed by atoms with Crippen LogP contribution < -0.4 is 88.9 Å². The summed E-state index contributed by atoms with van der Waals surface area (Å²) in [7, 11) is 0. The molecule has 2 heterocycles. The normalized spacial score (nSPS) is 10.1. The van der Waals surface area contributed by atoms with Crippen molar-refractivity contribution in [1.82, 2.24) is 40.8 Å². The fraction of sp³-hybridized carbons (Fsp3) is 0. The summed E-state index contributed by atoms with van der Waals surface area (Å²) >= 11 is 0. The van der Waals surface area contributed by atoms with E-state index >= 15 is 0 Å². The summed E-state index contributed by atoms with van der Waals surface area (Å²) < 4.78 is 0. The van der Waals surface area contributed by atoms with Gasteiger partial charge in [-0.05, 0) is 0 Å². The Bertz CT molecular complexity index is 891. The van der Waals surface area contributed by atoms with Crippen LogP contribution in [0.15, 0.2) is 19.2 Å². The lowest BCUT2D eigenvalue weighted by atomic mass is 11.0. The summed E-state index contributed by atoms with van der Waals surface area (Å²) in [5.74, 6) is 19.2. The number of aromatic amines is 4. The van der Waals surface area contributed by atoms with Gasteiger partial charge in [0, 0.05) is 0 Å². The largest absolute Gasteiger partial charge is 0.846 e. The van der Waals surface area contributed by atoms with Gasteiger partial charge in [-0.3, -0.25) is 33.1 Å². The molecule has 0 radical (unpaired) electrons. The molecule has 30 heavy (non-hydrogen) atoms. The van der Waals surface area contributed by atoms with Gasteiger partial charge < -0.3 is 20.2 Å². The number of H-pyrrole nitrogens is 4. The highest BCUT2D eigenvalue weighted by Gasteiger charge is 1.85. The van der Waals surface area contributed by atoms with Crippen LogP contribution in [-0.4, -0.2) is 41.8 Å². The van der Waals surface area contributed by atoms with Crippen LogP contribution in [0.5, 0.6) is 12.0 Å². The lowest BCUT2D eigenvalue weighted by Crippen LogP contribution is -2.85. The van der Waals surface area contributed by atoms with Crippen LogP contribution in [-0.2, 0) is 0 Å². The molecule has 0 amide bonds. The Morgan fingerprint density at radius 1 is 0.733 bits per heavy atom. The maximum Gasteiger partial charge on any atom is 0.379 e. The Labute approximate surface area is 163 Å². The Kier molecular flexibility index (Phi) is 13.5. The van der Waals surface area contributed by atoms with E-state index in [4.69, 9.17) is 34.8 Å². The molecule has 168 valence electrons. The minimum Gasteiger partial charge on any atom is -0.846 e. The average Bonchev–Trinajstić information content (AvgIpc) is 2.66. The zero-order chi connectivity index (χ0) is 23.7. The number of hydrazine groups is 4. The Hall–Kier alpha value is -5.12. The lowest BCUT2D eigenvalue weighted by Gasteiger charge is -1.96. The number of rotatable bonds is 0. The van der Waals surface area contributed by atoms with E-state index in [1.54, 1.807) is 19.9 Å². The van der Waals surface area contributed by atoms with E-state index in [1.807, 2.05) is 0 Å². The molecule has 0 aliphatic carbocycles. The molecule has 20 N–H and O–H groups in total. The zero-order valence-electron chi connectivity index (χ0n) is 14.8. The van der Waals surface area contributed by atoms with Crippen molar-refractivity contribution >= 4 is 11.9 Å². The topological polar surface area (TPSA) is 411 Å². The highest BCUT2D eigenvalue weighted by atomic mass is 16.3. The molecule has 0 spiro atoms. The first-order valence-corrected chi connectivity index (χ1v) is 6.85. The second kappa shape index (κ2) is 15.0. The van der Waals surface area contributed by atoms with Gasteiger partial charge >= 0.3 is 34.7 Å². The van der Waals surface area contributed by atoms with Crippen molar-refractivity contribution in [1.29, 1.82) is 0 Å². The Morgan fingerprint density at radius 3 is 1.17 bits per heavy atom. The number of aromatic nitrogens is 6. The number of hydrogen-bond donors (Lipinski definition) is 14. The lowest BCUT2D eigenvalue weighted by molar-refractivity contribution is -0.473. The molecular weight excluding hydrogens is 416 g/mol. The van der Waals surface area contributed by atoms with Gasteiger partial charge in [0.05, 0.1) is 12.0 Å². The molecule has 0 aliphatic heterocycles. The fourth-order valence-electron chi connectivity index (χ4n) is 0.831. The fourth-order valence-corrected chi connectivity index (χ4v) is 0.831. The number of nitrogens with one attached hydrogen (secondary N) is 8. The van der Waals surface area contributed by atoms with Crippen LogP contribution in [0, 0.1) is 0 Å². The van der Waals surface area contributed by atoms with Gasteiger partial charge in [0.1, 0.15) is 0 Å². The quantitative estimate of drug-likeness (QED) is 0.0787. The second-order valence-electron chi connectivity index (χ2n) is 4.01. The number of hydrogen-bond acceptors (Lipinski definition) is 12. The van der Waals surface area contributed by atoms with Crippen molar-refractivity contribution in [2.45, 2.75) is 0 Å². The third kappa shape index (κ3) is 15.2. The van der Waals surface area contributed by atoms with Gasteiger partial charge in [-0.2, -0.15) is 31.9 Å². The van der Waals surface area contributed by atoms with E-state index in [-0.39, 0.29) is 11.9 Å². The molecule has 0 aliphatic rings. The summed E-state index contributed by atoms with van der Waals surface area (Å²) in [5, 5.41) is 24.4. The highest BCUT2D eigenvalue weighted by Crippen LogP contribution is 1.73. The SMILES string of the molecule is NN/C(N)=[NH+]/N.NN/C(N)=[NH+]/N.O=c1nc([O-])[nH]c(=O)[nH]1.O=c1nc([O-])[nH]c(=O)[nH]1. The summed E-state index contributed by atoms with van der Waals surface area (Å²) in [5.41, 5.74) is 10.5. The molecule has 22 nitrogen and oxygen atoms in total. The molecule has 0 bridgehead atoms. The minimum atomic E-state index is -0.927. The van der Waals surface area contributed by atoms with Crippen LogP contribution in [0.2, 0.25) is 0 Å². The molecule has 2 rings (SSSR count). The van der Waals surface area contributed by atoms with Crippen molar-refractivity contribution in [2.75, 3.05) is 0 Å². The van der Waals surface area contributed by atoms with E-state index in [2.05, 4.69) is 31.0 Å². The number of nitrogens with two attached hydrogens (primary N) is 6. The van der Waals surface area contributed by atoms with E-state index in [1.165, 1.54) is 0 Å². The van der Waals surface area contributed by atoms with Crippen molar-refractivity contribution in [3.63, 3.8) is 0 Å². The van der Waals surface area contributed by atoms with Gasteiger partial charge in [-0.15, -0.1) is 0 Å². The maximum atomic E-state index is 10.2. The van der Waals surface area contributed by atoms with E-state index in [0.717, 1.165) is 0 Å². The van der Waals surface area contributed by atoms with Crippen molar-refractivity contribution in [3.05, 3.63) is 41.9 Å². The van der Waals surface area contributed by atoms with Crippen LogP contribution in [0.25, 0.3) is 0 Å². The second-order valence-corrected chi connectivity index (χ2v) is 4.01. The van der Waals surface area contributed by atoms with Gasteiger partial charge in [0.25, 0.3) is 0 Å². The average molecular weight is 436 g/mol. The third-order valence-corrected chi connectivity index (χ3v) is 1.91. The summed E-state index contributed by atoms with van der Waals surface area (Å²) in [6.07, 6.45) is 0. The van der Waals surface area contributed by atoms with Crippen molar-refractivity contribution in [3.8, 4) is 12.0 Å². The highest BCUT2D eigenvalue weighted by molar-refractivity contribution is 5.70. The summed E-state index contributed by atoms with van der Waals surface area (Å²) in [6, 6.07) is -1.85. The van der Waals surface area contributed by atoms with Gasteiger partial charge in [-0.25, -0.2) is 30.0 Å². The first kappa shape index (κ1) is 27.1. The molecule has 0 saturated heterocycles. The number of nitrogens with zero attached hydrogens (tertiary/aromatic N) is 2. The predicted molar refractivity (Wildman–Crippen MR) is 93.2 cm³/mol. The molecular formula is C8H20N16O6. The first-order chi connectivity index (χ1) is 14.0. The smallest absolute Gasteiger partial charge is 0.379 e. The van der Waals surface area contributed by atoms with Gasteiger partial charge in [-0.1, -0.05) is 0 Å². The maximum absolute atomic E-state index is 10.2. The molecule has 2 aromatic rings. The summed E-state index contributed by atoms with van der Waals surface area (Å²) in [4.78, 5) is 53.1. The number of hydrazone groups is 2. The first-order valence-electron chi connectivity index (χ1n) is 6.85. The molecule has 0 fully saturated rings. The van der Waals surface area contributed by atoms with Gasteiger partial charge in [0.2, 0.25) is 0 Å². The monoisotopic (exact) mass is 436 g/mol. The Morgan fingerprint density at radius 2 is 1.03 bits per heavy atom. The minimum absolute atomic E-state index is 0.148. The van der Waals surface area contributed by atoms with E-state index < -0.39 is 34.8 Å². The molecule has 0 unspecified atom stereocenters.